The van der Waals surface area contributed by atoms with Gasteiger partial charge in [-0.15, -0.1) is 0 Å². The first-order chi connectivity index (χ1) is 16.2. The van der Waals surface area contributed by atoms with E-state index in [0.29, 0.717) is 22.9 Å². The SMILES string of the molecule is COc1ccc(N(C)C(=O)CCN(c2ccc(C)cc2)S(=O)(=O)c2ccc(C)cc2)cc1OC. The molecule has 0 aliphatic carbocycles. The van der Waals surface area contributed by atoms with Crippen LogP contribution < -0.4 is 18.7 Å². The number of carbonyl (C=O) groups excluding carboxylic acids is 1. The van der Waals surface area contributed by atoms with E-state index in [1.165, 1.54) is 16.3 Å². The molecule has 0 spiro atoms. The fourth-order valence-corrected chi connectivity index (χ4v) is 4.94. The van der Waals surface area contributed by atoms with Gasteiger partial charge in [0, 0.05) is 31.8 Å². The van der Waals surface area contributed by atoms with Crippen LogP contribution in [0.25, 0.3) is 0 Å². The van der Waals surface area contributed by atoms with E-state index in [1.54, 1.807) is 68.8 Å². The molecular formula is C26H30N2O5S. The van der Waals surface area contributed by atoms with Gasteiger partial charge in [-0.25, -0.2) is 8.42 Å². The van der Waals surface area contributed by atoms with Gasteiger partial charge < -0.3 is 14.4 Å². The number of amides is 1. The standard InChI is InChI=1S/C26H30N2O5S/c1-19-6-10-21(11-7-19)28(34(30,31)23-13-8-20(2)9-14-23)17-16-26(29)27(3)22-12-15-24(32-4)25(18-22)33-5/h6-15,18H,16-17H2,1-5H3. The van der Waals surface area contributed by atoms with E-state index >= 15 is 0 Å². The zero-order valence-corrected chi connectivity index (χ0v) is 20.9. The van der Waals surface area contributed by atoms with Crippen molar-refractivity contribution in [3.05, 3.63) is 77.9 Å². The maximum atomic E-state index is 13.5. The van der Waals surface area contributed by atoms with Crippen molar-refractivity contribution in [3.8, 4) is 11.5 Å². The number of anilines is 2. The number of rotatable bonds is 9. The lowest BCUT2D eigenvalue weighted by Gasteiger charge is -2.26. The highest BCUT2D eigenvalue weighted by Gasteiger charge is 2.26. The monoisotopic (exact) mass is 482 g/mol. The normalized spacial score (nSPS) is 11.1. The fourth-order valence-electron chi connectivity index (χ4n) is 3.48. The Morgan fingerprint density at radius 1 is 0.794 bits per heavy atom. The first-order valence-electron chi connectivity index (χ1n) is 10.8. The van der Waals surface area contributed by atoms with E-state index in [1.807, 2.05) is 26.0 Å². The lowest BCUT2D eigenvalue weighted by atomic mass is 10.2. The number of ether oxygens (including phenoxy) is 2. The maximum absolute atomic E-state index is 13.5. The third-order valence-electron chi connectivity index (χ3n) is 5.59. The Kier molecular flexibility index (Phi) is 7.83. The second-order valence-electron chi connectivity index (χ2n) is 7.97. The molecule has 0 aliphatic rings. The summed E-state index contributed by atoms with van der Waals surface area (Å²) in [6.07, 6.45) is -0.0101. The highest BCUT2D eigenvalue weighted by molar-refractivity contribution is 7.92. The fraction of sp³-hybridized carbons (Fsp3) is 0.269. The van der Waals surface area contributed by atoms with Crippen LogP contribution in [0.5, 0.6) is 11.5 Å². The number of methoxy groups -OCH3 is 2. The number of sulfonamides is 1. The summed E-state index contributed by atoms with van der Waals surface area (Å²) in [5, 5.41) is 0. The van der Waals surface area contributed by atoms with Crippen LogP contribution in [0.2, 0.25) is 0 Å². The third-order valence-corrected chi connectivity index (χ3v) is 7.43. The summed E-state index contributed by atoms with van der Waals surface area (Å²) in [7, 11) is 0.853. The van der Waals surface area contributed by atoms with Crippen LogP contribution in [0, 0.1) is 13.8 Å². The average molecular weight is 483 g/mol. The Morgan fingerprint density at radius 3 is 1.88 bits per heavy atom. The molecule has 0 fully saturated rings. The van der Waals surface area contributed by atoms with E-state index in [2.05, 4.69) is 0 Å². The van der Waals surface area contributed by atoms with Crippen molar-refractivity contribution >= 4 is 27.3 Å². The van der Waals surface area contributed by atoms with E-state index in [0.717, 1.165) is 11.1 Å². The van der Waals surface area contributed by atoms with Gasteiger partial charge in [-0.2, -0.15) is 0 Å². The highest BCUT2D eigenvalue weighted by Crippen LogP contribution is 2.31. The second kappa shape index (κ2) is 10.6. The number of hydrogen-bond acceptors (Lipinski definition) is 5. The predicted molar refractivity (Wildman–Crippen MR) is 134 cm³/mol. The second-order valence-corrected chi connectivity index (χ2v) is 9.83. The summed E-state index contributed by atoms with van der Waals surface area (Å²) in [5.41, 5.74) is 3.10. The Bertz CT molecular complexity index is 1240. The molecule has 1 amide bonds. The number of hydrogen-bond donors (Lipinski definition) is 0. The van der Waals surface area contributed by atoms with Gasteiger partial charge in [0.05, 0.1) is 24.8 Å². The number of carbonyl (C=O) groups is 1. The van der Waals surface area contributed by atoms with Crippen LogP contribution in [0.1, 0.15) is 17.5 Å². The number of nitrogens with zero attached hydrogens (tertiary/aromatic N) is 2. The molecule has 0 aliphatic heterocycles. The molecule has 7 nitrogen and oxygen atoms in total. The molecule has 3 rings (SSSR count). The van der Waals surface area contributed by atoms with Gasteiger partial charge in [0.1, 0.15) is 0 Å². The van der Waals surface area contributed by atoms with E-state index in [9.17, 15) is 13.2 Å². The zero-order valence-electron chi connectivity index (χ0n) is 20.1. The van der Waals surface area contributed by atoms with Crippen molar-refractivity contribution in [2.75, 3.05) is 37.0 Å². The average Bonchev–Trinajstić information content (AvgIpc) is 2.84. The molecule has 0 N–H and O–H groups in total. The molecule has 180 valence electrons. The van der Waals surface area contributed by atoms with Crippen molar-refractivity contribution in [1.29, 1.82) is 0 Å². The van der Waals surface area contributed by atoms with Crippen molar-refractivity contribution in [1.82, 2.24) is 0 Å². The maximum Gasteiger partial charge on any atom is 0.264 e. The minimum Gasteiger partial charge on any atom is -0.493 e. The van der Waals surface area contributed by atoms with Gasteiger partial charge >= 0.3 is 0 Å². The van der Waals surface area contributed by atoms with E-state index in [4.69, 9.17) is 9.47 Å². The smallest absolute Gasteiger partial charge is 0.264 e. The third kappa shape index (κ3) is 5.51. The van der Waals surface area contributed by atoms with Crippen molar-refractivity contribution < 1.29 is 22.7 Å². The topological polar surface area (TPSA) is 76.2 Å². The molecule has 0 saturated carbocycles. The van der Waals surface area contributed by atoms with Gasteiger partial charge in [0.15, 0.2) is 11.5 Å². The minimum atomic E-state index is -3.86. The Labute approximate surface area is 201 Å². The van der Waals surface area contributed by atoms with Gasteiger partial charge in [-0.3, -0.25) is 9.10 Å². The number of aryl methyl sites for hydroxylation is 2. The summed E-state index contributed by atoms with van der Waals surface area (Å²) in [4.78, 5) is 14.7. The van der Waals surface area contributed by atoms with Crippen LogP contribution >= 0.6 is 0 Å². The quantitative estimate of drug-likeness (QED) is 0.447. The van der Waals surface area contributed by atoms with Crippen molar-refractivity contribution in [3.63, 3.8) is 0 Å². The van der Waals surface area contributed by atoms with Crippen molar-refractivity contribution in [2.24, 2.45) is 0 Å². The van der Waals surface area contributed by atoms with Crippen LogP contribution in [-0.2, 0) is 14.8 Å². The highest BCUT2D eigenvalue weighted by atomic mass is 32.2. The number of benzene rings is 3. The lowest BCUT2D eigenvalue weighted by Crippen LogP contribution is -2.36. The van der Waals surface area contributed by atoms with Crippen LogP contribution in [0.15, 0.2) is 71.6 Å². The molecule has 0 aromatic heterocycles. The van der Waals surface area contributed by atoms with E-state index < -0.39 is 10.0 Å². The Balaban J connectivity index is 1.86. The van der Waals surface area contributed by atoms with Crippen LogP contribution in [0.3, 0.4) is 0 Å². The Morgan fingerprint density at radius 2 is 1.32 bits per heavy atom. The van der Waals surface area contributed by atoms with Gasteiger partial charge in [-0.1, -0.05) is 35.4 Å². The molecule has 0 radical (unpaired) electrons. The Hall–Kier alpha value is -3.52. The summed E-state index contributed by atoms with van der Waals surface area (Å²) in [5.74, 6) is 0.827. The molecule has 34 heavy (non-hydrogen) atoms. The van der Waals surface area contributed by atoms with Gasteiger partial charge in [0.2, 0.25) is 5.91 Å². The van der Waals surface area contributed by atoms with Crippen LogP contribution in [-0.4, -0.2) is 42.1 Å². The summed E-state index contributed by atoms with van der Waals surface area (Å²) in [6, 6.07) is 19.1. The largest absolute Gasteiger partial charge is 0.493 e. The molecule has 3 aromatic carbocycles. The first kappa shape index (κ1) is 25.1. The zero-order chi connectivity index (χ0) is 24.9. The molecule has 0 heterocycles. The van der Waals surface area contributed by atoms with Crippen molar-refractivity contribution in [2.45, 2.75) is 25.2 Å². The molecule has 0 unspecified atom stereocenters. The first-order valence-corrected chi connectivity index (χ1v) is 12.3. The minimum absolute atomic E-state index is 0.00423. The lowest BCUT2D eigenvalue weighted by molar-refractivity contribution is -0.118. The van der Waals surface area contributed by atoms with Crippen LogP contribution in [0.4, 0.5) is 11.4 Å². The molecule has 0 bridgehead atoms. The summed E-state index contributed by atoms with van der Waals surface area (Å²) in [6.45, 7) is 3.83. The van der Waals surface area contributed by atoms with Gasteiger partial charge in [0.25, 0.3) is 10.0 Å². The molecule has 8 heteroatoms. The predicted octanol–water partition coefficient (Wildman–Crippen LogP) is 4.57. The molecule has 0 saturated heterocycles. The summed E-state index contributed by atoms with van der Waals surface area (Å²) < 4.78 is 38.9. The summed E-state index contributed by atoms with van der Waals surface area (Å²) >= 11 is 0. The molecule has 3 aromatic rings. The molecule has 0 atom stereocenters. The van der Waals surface area contributed by atoms with Gasteiger partial charge in [-0.05, 0) is 50.2 Å². The van der Waals surface area contributed by atoms with E-state index in [-0.39, 0.29) is 23.8 Å². The molecular weight excluding hydrogens is 452 g/mol.